The smallest absolute Gasteiger partial charge is 0.266 e. The zero-order chi connectivity index (χ0) is 23.3. The first-order chi connectivity index (χ1) is 15.3. The van der Waals surface area contributed by atoms with Gasteiger partial charge in [-0.3, -0.25) is 19.3 Å². The van der Waals surface area contributed by atoms with Gasteiger partial charge in [-0.2, -0.15) is 5.26 Å². The number of hydrogen-bond donors (Lipinski definition) is 2. The summed E-state index contributed by atoms with van der Waals surface area (Å²) in [5.41, 5.74) is 3.83. The van der Waals surface area contributed by atoms with Crippen LogP contribution in [0.4, 0.5) is 5.69 Å². The number of pyridine rings is 1. The lowest BCUT2D eigenvalue weighted by molar-refractivity contribution is -0.133. The molecule has 2 aromatic rings. The Morgan fingerprint density at radius 2 is 1.75 bits per heavy atom. The van der Waals surface area contributed by atoms with E-state index in [0.717, 1.165) is 16.8 Å². The number of anilines is 1. The highest BCUT2D eigenvalue weighted by Gasteiger charge is 2.23. The maximum absolute atomic E-state index is 12.7. The number of amides is 2. The summed E-state index contributed by atoms with van der Waals surface area (Å²) >= 11 is 0. The average Bonchev–Trinajstić information content (AvgIpc) is 2.75. The van der Waals surface area contributed by atoms with Gasteiger partial charge in [0, 0.05) is 44.0 Å². The van der Waals surface area contributed by atoms with Crippen LogP contribution in [0, 0.1) is 32.1 Å². The first-order valence-electron chi connectivity index (χ1n) is 10.8. The third kappa shape index (κ3) is 5.62. The summed E-state index contributed by atoms with van der Waals surface area (Å²) in [6, 6.07) is 9.62. The number of aromatic amines is 1. The number of piperazine rings is 1. The van der Waals surface area contributed by atoms with Crippen LogP contribution in [-0.4, -0.2) is 59.3 Å². The van der Waals surface area contributed by atoms with Crippen LogP contribution in [0.1, 0.15) is 34.4 Å². The first-order valence-corrected chi connectivity index (χ1v) is 10.8. The topological polar surface area (TPSA) is 109 Å². The normalized spacial score (nSPS) is 14.1. The quantitative estimate of drug-likeness (QED) is 0.720. The number of H-pyrrole nitrogens is 1. The van der Waals surface area contributed by atoms with Gasteiger partial charge in [0.25, 0.3) is 5.56 Å². The van der Waals surface area contributed by atoms with Crippen molar-refractivity contribution in [2.24, 2.45) is 0 Å². The second kappa shape index (κ2) is 10.2. The van der Waals surface area contributed by atoms with Crippen LogP contribution in [-0.2, 0) is 16.0 Å². The molecule has 8 nitrogen and oxygen atoms in total. The molecule has 1 aliphatic heterocycles. The second-order valence-electron chi connectivity index (χ2n) is 8.24. The molecule has 1 aromatic heterocycles. The van der Waals surface area contributed by atoms with Gasteiger partial charge in [0.05, 0.1) is 6.54 Å². The molecule has 0 spiro atoms. The molecule has 0 atom stereocenters. The summed E-state index contributed by atoms with van der Waals surface area (Å²) < 4.78 is 0. The highest BCUT2D eigenvalue weighted by atomic mass is 16.2. The third-order valence-corrected chi connectivity index (χ3v) is 5.94. The van der Waals surface area contributed by atoms with Gasteiger partial charge in [0.15, 0.2) is 0 Å². The maximum Gasteiger partial charge on any atom is 0.266 e. The number of nitrogens with one attached hydrogen (secondary N) is 2. The van der Waals surface area contributed by atoms with Crippen molar-refractivity contribution >= 4 is 17.5 Å². The number of hydrogen-bond acceptors (Lipinski definition) is 5. The van der Waals surface area contributed by atoms with Crippen molar-refractivity contribution in [3.05, 3.63) is 62.6 Å². The van der Waals surface area contributed by atoms with E-state index in [2.05, 4.69) is 10.3 Å². The summed E-state index contributed by atoms with van der Waals surface area (Å²) in [6.45, 7) is 8.26. The Labute approximate surface area is 187 Å². The summed E-state index contributed by atoms with van der Waals surface area (Å²) in [6.07, 6.45) is 0.785. The molecule has 0 unspecified atom stereocenters. The zero-order valence-electron chi connectivity index (χ0n) is 18.8. The Kier molecular flexibility index (Phi) is 7.44. The molecule has 8 heteroatoms. The van der Waals surface area contributed by atoms with Crippen molar-refractivity contribution < 1.29 is 9.59 Å². The first kappa shape index (κ1) is 23.2. The molecule has 1 saturated heterocycles. The number of carbonyl (C=O) groups is 2. The van der Waals surface area contributed by atoms with Crippen molar-refractivity contribution in [1.82, 2.24) is 14.8 Å². The van der Waals surface area contributed by atoms with Gasteiger partial charge < -0.3 is 15.2 Å². The molecule has 0 aliphatic carbocycles. The number of rotatable bonds is 6. The van der Waals surface area contributed by atoms with E-state index in [1.807, 2.05) is 47.1 Å². The van der Waals surface area contributed by atoms with Crippen LogP contribution in [0.2, 0.25) is 0 Å². The third-order valence-electron chi connectivity index (χ3n) is 5.94. The standard InChI is InChI=1S/C24H29N5O3/c1-16-4-6-19(7-5-16)27-22(30)15-28-10-12-29(13-11-28)23(31)9-8-20-17(2)21(14-25)24(32)26-18(20)3/h4-7H,8-13,15H2,1-3H3,(H,26,32)(H,27,30). The number of aromatic nitrogens is 1. The van der Waals surface area contributed by atoms with E-state index in [-0.39, 0.29) is 22.9 Å². The van der Waals surface area contributed by atoms with Crippen LogP contribution in [0.15, 0.2) is 29.1 Å². The lowest BCUT2D eigenvalue weighted by Gasteiger charge is -2.34. The molecule has 2 N–H and O–H groups in total. The number of benzene rings is 1. The predicted molar refractivity (Wildman–Crippen MR) is 122 cm³/mol. The number of aryl methyl sites for hydroxylation is 2. The zero-order valence-corrected chi connectivity index (χ0v) is 18.8. The van der Waals surface area contributed by atoms with E-state index < -0.39 is 0 Å². The van der Waals surface area contributed by atoms with Crippen molar-refractivity contribution in [3.8, 4) is 6.07 Å². The highest BCUT2D eigenvalue weighted by Crippen LogP contribution is 2.16. The monoisotopic (exact) mass is 435 g/mol. The lowest BCUT2D eigenvalue weighted by atomic mass is 9.99. The van der Waals surface area contributed by atoms with Crippen LogP contribution < -0.4 is 10.9 Å². The molecule has 168 valence electrons. The number of carbonyl (C=O) groups excluding carboxylic acids is 2. The highest BCUT2D eigenvalue weighted by molar-refractivity contribution is 5.92. The molecular formula is C24H29N5O3. The molecule has 2 amide bonds. The van der Waals surface area contributed by atoms with E-state index in [1.54, 1.807) is 13.8 Å². The van der Waals surface area contributed by atoms with Gasteiger partial charge in [-0.25, -0.2) is 0 Å². The molecule has 1 aliphatic rings. The molecule has 2 heterocycles. The predicted octanol–water partition coefficient (Wildman–Crippen LogP) is 1.89. The Hall–Kier alpha value is -3.44. The lowest BCUT2D eigenvalue weighted by Crippen LogP contribution is -2.50. The molecule has 3 rings (SSSR count). The number of nitrogens with zero attached hydrogens (tertiary/aromatic N) is 3. The fraction of sp³-hybridized carbons (Fsp3) is 0.417. The fourth-order valence-electron chi connectivity index (χ4n) is 4.01. The Bertz CT molecular complexity index is 1090. The molecule has 1 aromatic carbocycles. The van der Waals surface area contributed by atoms with Crippen LogP contribution in [0.5, 0.6) is 0 Å². The Balaban J connectivity index is 1.48. The van der Waals surface area contributed by atoms with Crippen molar-refractivity contribution in [1.29, 1.82) is 5.26 Å². The summed E-state index contributed by atoms with van der Waals surface area (Å²) in [5.74, 6) is -0.0248. The molecule has 0 radical (unpaired) electrons. The van der Waals surface area contributed by atoms with Crippen molar-refractivity contribution in [2.75, 3.05) is 38.0 Å². The van der Waals surface area contributed by atoms with E-state index in [4.69, 9.17) is 0 Å². The molecule has 0 saturated carbocycles. The Morgan fingerprint density at radius 3 is 2.38 bits per heavy atom. The van der Waals surface area contributed by atoms with Crippen LogP contribution >= 0.6 is 0 Å². The maximum atomic E-state index is 12.7. The SMILES string of the molecule is Cc1ccc(NC(=O)CN2CCN(C(=O)CCc3c(C)[nH]c(=O)c(C#N)c3C)CC2)cc1. The van der Waals surface area contributed by atoms with Gasteiger partial charge in [-0.15, -0.1) is 0 Å². The Morgan fingerprint density at radius 1 is 1.09 bits per heavy atom. The average molecular weight is 436 g/mol. The molecule has 1 fully saturated rings. The van der Waals surface area contributed by atoms with Gasteiger partial charge >= 0.3 is 0 Å². The largest absolute Gasteiger partial charge is 0.340 e. The van der Waals surface area contributed by atoms with Gasteiger partial charge in [0.2, 0.25) is 11.8 Å². The summed E-state index contributed by atoms with van der Waals surface area (Å²) in [5, 5.41) is 12.1. The van der Waals surface area contributed by atoms with E-state index in [0.29, 0.717) is 56.8 Å². The van der Waals surface area contributed by atoms with Crippen LogP contribution in [0.25, 0.3) is 0 Å². The summed E-state index contributed by atoms with van der Waals surface area (Å²) in [7, 11) is 0. The van der Waals surface area contributed by atoms with E-state index in [1.165, 1.54) is 0 Å². The molecular weight excluding hydrogens is 406 g/mol. The second-order valence-corrected chi connectivity index (χ2v) is 8.24. The minimum atomic E-state index is -0.389. The number of nitriles is 1. The van der Waals surface area contributed by atoms with Crippen molar-refractivity contribution in [2.45, 2.75) is 33.6 Å². The van der Waals surface area contributed by atoms with Gasteiger partial charge in [0.1, 0.15) is 11.6 Å². The minimum absolute atomic E-state index is 0.0391. The minimum Gasteiger partial charge on any atom is -0.340 e. The van der Waals surface area contributed by atoms with E-state index in [9.17, 15) is 19.6 Å². The fourth-order valence-corrected chi connectivity index (χ4v) is 4.01. The summed E-state index contributed by atoms with van der Waals surface area (Å²) in [4.78, 5) is 43.4. The molecule has 32 heavy (non-hydrogen) atoms. The van der Waals surface area contributed by atoms with Gasteiger partial charge in [-0.05, 0) is 50.5 Å². The van der Waals surface area contributed by atoms with Gasteiger partial charge in [-0.1, -0.05) is 17.7 Å². The van der Waals surface area contributed by atoms with Crippen LogP contribution in [0.3, 0.4) is 0 Å². The molecule has 0 bridgehead atoms. The van der Waals surface area contributed by atoms with E-state index >= 15 is 0 Å². The van der Waals surface area contributed by atoms with Crippen molar-refractivity contribution in [3.63, 3.8) is 0 Å².